The molecule has 0 spiro atoms. The summed E-state index contributed by atoms with van der Waals surface area (Å²) < 4.78 is 0. The molecule has 2 heteroatoms. The van der Waals surface area contributed by atoms with E-state index in [0.717, 1.165) is 0 Å². The zero-order valence-corrected chi connectivity index (χ0v) is 10.7. The first kappa shape index (κ1) is 12.8. The summed E-state index contributed by atoms with van der Waals surface area (Å²) in [4.78, 5) is 10.5. The lowest BCUT2D eigenvalue weighted by Gasteiger charge is -2.43. The Balaban J connectivity index is 5.82. The minimum absolute atomic E-state index is 0.128. The van der Waals surface area contributed by atoms with Crippen molar-refractivity contribution in [1.82, 2.24) is 0 Å². The maximum Gasteiger partial charge on any atom is 0.176 e. The molecule has 0 aromatic heterocycles. The van der Waals surface area contributed by atoms with Crippen LogP contribution in [0.3, 0.4) is 0 Å². The monoisotopic (exact) mass is 200 g/mol. The van der Waals surface area contributed by atoms with E-state index in [9.17, 15) is 4.79 Å². The van der Waals surface area contributed by atoms with Crippen LogP contribution in [0.25, 0.3) is 0 Å². The van der Waals surface area contributed by atoms with Crippen molar-refractivity contribution < 1.29 is 4.79 Å². The molecule has 0 atom stereocenters. The molecule has 0 heterocycles. The van der Waals surface area contributed by atoms with Crippen LogP contribution < -0.4 is 0 Å². The van der Waals surface area contributed by atoms with Crippen LogP contribution in [0, 0.1) is 0 Å². The molecular formula is C11H21OP. The van der Waals surface area contributed by atoms with Gasteiger partial charge in [-0.15, -0.1) is 0 Å². The lowest BCUT2D eigenvalue weighted by molar-refractivity contribution is 0.571. The second-order valence-corrected chi connectivity index (χ2v) is 10.5. The van der Waals surface area contributed by atoms with Crippen LogP contribution in [-0.4, -0.2) is 28.4 Å². The van der Waals surface area contributed by atoms with Crippen molar-refractivity contribution in [3.05, 3.63) is 0 Å². The summed E-state index contributed by atoms with van der Waals surface area (Å²) in [5.41, 5.74) is 2.94. The van der Waals surface area contributed by atoms with Crippen LogP contribution in [0.5, 0.6) is 0 Å². The first-order chi connectivity index (χ1) is 5.56. The number of carbonyl (C=O) groups excluding carboxylic acids is 1. The molecule has 76 valence electrons. The molecule has 0 unspecified atom stereocenters. The summed E-state index contributed by atoms with van der Waals surface area (Å²) in [5, 5.41) is 0.255. The Morgan fingerprint density at radius 2 is 1.23 bits per heavy atom. The molecule has 0 rings (SSSR count). The Morgan fingerprint density at radius 3 is 1.31 bits per heavy atom. The van der Waals surface area contributed by atoms with Gasteiger partial charge in [0.15, 0.2) is 5.94 Å². The highest BCUT2D eigenvalue weighted by atomic mass is 31.2. The first-order valence-corrected chi connectivity index (χ1v) is 6.81. The topological polar surface area (TPSA) is 17.1 Å². The smallest absolute Gasteiger partial charge is 0.176 e. The van der Waals surface area contributed by atoms with Gasteiger partial charge in [-0.25, -0.2) is 4.79 Å². The summed E-state index contributed by atoms with van der Waals surface area (Å²) in [6, 6.07) is 0. The van der Waals surface area contributed by atoms with Gasteiger partial charge in [-0.2, -0.15) is 0 Å². The second kappa shape index (κ2) is 3.50. The summed E-state index contributed by atoms with van der Waals surface area (Å²) in [6.45, 7) is 13.7. The Bertz CT molecular complexity index is 271. The zero-order valence-electron chi connectivity index (χ0n) is 9.86. The van der Waals surface area contributed by atoms with Crippen LogP contribution in [0.4, 0.5) is 0 Å². The highest BCUT2D eigenvalue weighted by molar-refractivity contribution is 7.76. The van der Waals surface area contributed by atoms with Crippen LogP contribution in [0.2, 0.25) is 0 Å². The lowest BCUT2D eigenvalue weighted by Crippen LogP contribution is -2.28. The molecule has 0 aliphatic rings. The molecule has 0 bridgehead atoms. The van der Waals surface area contributed by atoms with E-state index < -0.39 is 6.89 Å². The Hall–Kier alpha value is -0.210. The molecule has 0 radical (unpaired) electrons. The van der Waals surface area contributed by atoms with E-state index in [2.05, 4.69) is 53.7 Å². The van der Waals surface area contributed by atoms with Crippen LogP contribution in [0.15, 0.2) is 0 Å². The maximum atomic E-state index is 10.5. The van der Waals surface area contributed by atoms with Crippen molar-refractivity contribution in [3.63, 3.8) is 0 Å². The fourth-order valence-corrected chi connectivity index (χ4v) is 4.30. The van der Waals surface area contributed by atoms with Crippen molar-refractivity contribution >= 4 is 18.3 Å². The van der Waals surface area contributed by atoms with Gasteiger partial charge < -0.3 is 0 Å². The van der Waals surface area contributed by atoms with Gasteiger partial charge in [-0.1, -0.05) is 41.5 Å². The zero-order chi connectivity index (χ0) is 10.9. The largest absolute Gasteiger partial charge is 0.224 e. The summed E-state index contributed by atoms with van der Waals surface area (Å²) in [7, 11) is 0. The van der Waals surface area contributed by atoms with Gasteiger partial charge in [-0.05, 0) is 29.3 Å². The third-order valence-corrected chi connectivity index (χ3v) is 8.86. The lowest BCUT2D eigenvalue weighted by atomic mass is 10.2. The Kier molecular flexibility index (Phi) is 3.45. The molecule has 0 fully saturated rings. The van der Waals surface area contributed by atoms with Gasteiger partial charge in [0.2, 0.25) is 0 Å². The van der Waals surface area contributed by atoms with Gasteiger partial charge in [0.05, 0.1) is 0 Å². The SMILES string of the molecule is CC(C)(C)P(C)(=C=C=O)C(C)(C)C. The van der Waals surface area contributed by atoms with Crippen molar-refractivity contribution in [2.24, 2.45) is 0 Å². The summed E-state index contributed by atoms with van der Waals surface area (Å²) in [5.74, 6) is 1.87. The molecule has 0 amide bonds. The van der Waals surface area contributed by atoms with Gasteiger partial charge in [-0.3, -0.25) is 0 Å². The molecule has 0 saturated heterocycles. The number of hydrogen-bond acceptors (Lipinski definition) is 1. The van der Waals surface area contributed by atoms with Crippen molar-refractivity contribution in [3.8, 4) is 0 Å². The van der Waals surface area contributed by atoms with Crippen LogP contribution in [-0.2, 0) is 4.79 Å². The molecule has 0 aromatic rings. The van der Waals surface area contributed by atoms with Crippen molar-refractivity contribution in [2.45, 2.75) is 51.9 Å². The quantitative estimate of drug-likeness (QED) is 0.434. The molecule has 0 N–H and O–H groups in total. The van der Waals surface area contributed by atoms with E-state index >= 15 is 0 Å². The normalized spacial score (nSPS) is 13.5. The minimum atomic E-state index is -1.51. The standard InChI is InChI=1S/C11H21OP/c1-10(2,3)13(7,9-8-12)11(4,5)6/h1-7H3. The van der Waals surface area contributed by atoms with Crippen LogP contribution >= 0.6 is 6.89 Å². The van der Waals surface area contributed by atoms with Gasteiger partial charge in [0.25, 0.3) is 0 Å². The molecule has 13 heavy (non-hydrogen) atoms. The van der Waals surface area contributed by atoms with Gasteiger partial charge in [0.1, 0.15) is 0 Å². The molecule has 0 aromatic carbocycles. The van der Waals surface area contributed by atoms with E-state index in [4.69, 9.17) is 0 Å². The van der Waals surface area contributed by atoms with E-state index in [-0.39, 0.29) is 10.3 Å². The van der Waals surface area contributed by atoms with E-state index in [1.165, 1.54) is 0 Å². The Labute approximate surface area is 82.2 Å². The highest BCUT2D eigenvalue weighted by Crippen LogP contribution is 2.63. The molecular weight excluding hydrogens is 179 g/mol. The fraction of sp³-hybridized carbons (Fsp3) is 0.818. The number of hydrogen-bond donors (Lipinski definition) is 0. The Morgan fingerprint density at radius 1 is 0.923 bits per heavy atom. The molecule has 0 saturated carbocycles. The second-order valence-electron chi connectivity index (χ2n) is 5.56. The minimum Gasteiger partial charge on any atom is -0.224 e. The average Bonchev–Trinajstić information content (AvgIpc) is 1.82. The van der Waals surface area contributed by atoms with Gasteiger partial charge >= 0.3 is 0 Å². The first-order valence-electron chi connectivity index (χ1n) is 4.57. The summed E-state index contributed by atoms with van der Waals surface area (Å²) in [6.07, 6.45) is 0. The average molecular weight is 200 g/mol. The van der Waals surface area contributed by atoms with Crippen molar-refractivity contribution in [2.75, 3.05) is 6.66 Å². The molecule has 0 aliphatic heterocycles. The number of rotatable bonds is 0. The highest BCUT2D eigenvalue weighted by Gasteiger charge is 2.37. The summed E-state index contributed by atoms with van der Waals surface area (Å²) >= 11 is 0. The molecule has 0 aliphatic carbocycles. The third-order valence-electron chi connectivity index (χ3n) is 2.95. The van der Waals surface area contributed by atoms with E-state index in [1.54, 1.807) is 0 Å². The van der Waals surface area contributed by atoms with Crippen LogP contribution in [0.1, 0.15) is 41.5 Å². The predicted molar refractivity (Wildman–Crippen MR) is 63.1 cm³/mol. The van der Waals surface area contributed by atoms with E-state index in [0.29, 0.717) is 0 Å². The maximum absolute atomic E-state index is 10.5. The van der Waals surface area contributed by atoms with Gasteiger partial charge in [0, 0.05) is 0 Å². The fourth-order valence-electron chi connectivity index (χ4n) is 1.43. The van der Waals surface area contributed by atoms with E-state index in [1.807, 2.05) is 5.94 Å². The molecule has 1 nitrogen and oxygen atoms in total. The van der Waals surface area contributed by atoms with Crippen molar-refractivity contribution in [1.29, 1.82) is 0 Å². The predicted octanol–water partition coefficient (Wildman–Crippen LogP) is 3.02. The third kappa shape index (κ3) is 2.38.